The Morgan fingerprint density at radius 1 is 1.11 bits per heavy atom. The van der Waals surface area contributed by atoms with Crippen LogP contribution in [0.3, 0.4) is 0 Å². The van der Waals surface area contributed by atoms with Gasteiger partial charge in [0.25, 0.3) is 0 Å². The molecule has 102 valence electrons. The van der Waals surface area contributed by atoms with Crippen molar-refractivity contribution in [1.29, 1.82) is 0 Å². The minimum Gasteiger partial charge on any atom is -0.373 e. The summed E-state index contributed by atoms with van der Waals surface area (Å²) in [6.45, 7) is 3.10. The summed E-state index contributed by atoms with van der Waals surface area (Å²) in [5, 5.41) is 0.783. The number of rotatable bonds is 9. The Morgan fingerprint density at radius 2 is 1.78 bits per heavy atom. The van der Waals surface area contributed by atoms with Gasteiger partial charge in [-0.2, -0.15) is 0 Å². The topological polar surface area (TPSA) is 9.23 Å². The van der Waals surface area contributed by atoms with Gasteiger partial charge in [-0.15, -0.1) is 0 Å². The smallest absolute Gasteiger partial charge is 0.0914 e. The van der Waals surface area contributed by atoms with Crippen molar-refractivity contribution < 1.29 is 4.74 Å². The van der Waals surface area contributed by atoms with Gasteiger partial charge in [0.1, 0.15) is 0 Å². The Kier molecular flexibility index (Phi) is 9.07. The van der Waals surface area contributed by atoms with Gasteiger partial charge in [-0.05, 0) is 24.1 Å². The highest BCUT2D eigenvalue weighted by Gasteiger charge is 2.09. The van der Waals surface area contributed by atoms with Gasteiger partial charge in [0.15, 0.2) is 0 Å². The largest absolute Gasteiger partial charge is 0.373 e. The monoisotopic (exact) mass is 380 g/mol. The quantitative estimate of drug-likeness (QED) is 0.299. The Hall–Kier alpha value is 0.200. The zero-order valence-corrected chi connectivity index (χ0v) is 13.9. The molecule has 1 unspecified atom stereocenters. The van der Waals surface area contributed by atoms with E-state index >= 15 is 0 Å². The van der Waals surface area contributed by atoms with E-state index in [9.17, 15) is 0 Å². The van der Waals surface area contributed by atoms with Gasteiger partial charge in [0, 0.05) is 16.1 Å². The van der Waals surface area contributed by atoms with Gasteiger partial charge in [-0.25, -0.2) is 0 Å². The van der Waals surface area contributed by atoms with Crippen LogP contribution in [-0.2, 0) is 4.74 Å². The van der Waals surface area contributed by atoms with E-state index in [2.05, 4.69) is 41.6 Å². The molecular weight excluding hydrogens is 359 g/mol. The van der Waals surface area contributed by atoms with E-state index in [1.165, 1.54) is 37.7 Å². The minimum atomic E-state index is 0.203. The van der Waals surface area contributed by atoms with Crippen LogP contribution >= 0.6 is 34.2 Å². The molecule has 0 fully saturated rings. The summed E-state index contributed by atoms with van der Waals surface area (Å²) in [4.78, 5) is 0. The first-order valence-corrected chi connectivity index (χ1v) is 8.61. The molecule has 18 heavy (non-hydrogen) atoms. The first-order chi connectivity index (χ1) is 8.77. The first-order valence-electron chi connectivity index (χ1n) is 6.71. The molecule has 3 heteroatoms. The van der Waals surface area contributed by atoms with E-state index in [4.69, 9.17) is 16.3 Å². The van der Waals surface area contributed by atoms with Gasteiger partial charge in [0.2, 0.25) is 0 Å². The zero-order valence-electron chi connectivity index (χ0n) is 11.0. The third kappa shape index (κ3) is 6.39. The average Bonchev–Trinajstić information content (AvgIpc) is 2.39. The second-order valence-corrected chi connectivity index (χ2v) is 5.80. The van der Waals surface area contributed by atoms with E-state index in [-0.39, 0.29) is 6.10 Å². The predicted octanol–water partition coefficient (Wildman–Crippen LogP) is 5.80. The van der Waals surface area contributed by atoms with Crippen molar-refractivity contribution in [2.24, 2.45) is 0 Å². The maximum atomic E-state index is 5.95. The minimum absolute atomic E-state index is 0.203. The fourth-order valence-electron chi connectivity index (χ4n) is 1.84. The molecule has 0 saturated carbocycles. The van der Waals surface area contributed by atoms with Crippen LogP contribution < -0.4 is 0 Å². The number of ether oxygens (including phenoxy) is 1. The van der Waals surface area contributed by atoms with Crippen LogP contribution in [0.5, 0.6) is 0 Å². The summed E-state index contributed by atoms with van der Waals surface area (Å²) in [7, 11) is 0. The molecule has 0 N–H and O–H groups in total. The van der Waals surface area contributed by atoms with E-state index in [0.717, 1.165) is 16.1 Å². The van der Waals surface area contributed by atoms with Crippen LogP contribution in [-0.4, -0.2) is 11.0 Å². The SMILES string of the molecule is CCCCCCCOC(CI)c1ccc(Cl)cc1. The third-order valence-corrected chi connectivity index (χ3v) is 4.00. The molecular formula is C15H22ClIO. The Labute approximate surface area is 129 Å². The van der Waals surface area contributed by atoms with Crippen LogP contribution in [0, 0.1) is 0 Å². The summed E-state index contributed by atoms with van der Waals surface area (Å²) in [5.74, 6) is 0. The molecule has 0 bridgehead atoms. The Balaban J connectivity index is 2.27. The first kappa shape index (κ1) is 16.3. The summed E-state index contributed by atoms with van der Waals surface area (Å²) in [5.41, 5.74) is 1.22. The fourth-order valence-corrected chi connectivity index (χ4v) is 2.73. The molecule has 1 atom stereocenters. The number of halogens is 2. The molecule has 0 aliphatic rings. The van der Waals surface area contributed by atoms with Crippen molar-refractivity contribution >= 4 is 34.2 Å². The molecule has 0 radical (unpaired) electrons. The Morgan fingerprint density at radius 3 is 2.39 bits per heavy atom. The summed E-state index contributed by atoms with van der Waals surface area (Å²) >= 11 is 8.27. The highest BCUT2D eigenvalue weighted by molar-refractivity contribution is 14.1. The van der Waals surface area contributed by atoms with Crippen LogP contribution in [0.2, 0.25) is 5.02 Å². The molecule has 1 aromatic carbocycles. The number of hydrogen-bond acceptors (Lipinski definition) is 1. The average molecular weight is 381 g/mol. The number of benzene rings is 1. The van der Waals surface area contributed by atoms with Crippen LogP contribution in [0.15, 0.2) is 24.3 Å². The normalized spacial score (nSPS) is 12.6. The molecule has 1 nitrogen and oxygen atoms in total. The highest BCUT2D eigenvalue weighted by atomic mass is 127. The molecule has 0 spiro atoms. The lowest BCUT2D eigenvalue weighted by atomic mass is 10.1. The van der Waals surface area contributed by atoms with Crippen LogP contribution in [0.1, 0.15) is 50.7 Å². The lowest BCUT2D eigenvalue weighted by molar-refractivity contribution is 0.0679. The van der Waals surface area contributed by atoms with E-state index in [1.54, 1.807) is 0 Å². The van der Waals surface area contributed by atoms with Crippen LogP contribution in [0.25, 0.3) is 0 Å². The Bertz CT molecular complexity index is 313. The van der Waals surface area contributed by atoms with Crippen molar-refractivity contribution in [2.75, 3.05) is 11.0 Å². The van der Waals surface area contributed by atoms with Gasteiger partial charge in [0.05, 0.1) is 6.10 Å². The number of unbranched alkanes of at least 4 members (excludes halogenated alkanes) is 4. The molecule has 0 amide bonds. The number of hydrogen-bond donors (Lipinski definition) is 0. The molecule has 0 aliphatic heterocycles. The molecule has 0 aromatic heterocycles. The summed E-state index contributed by atoms with van der Waals surface area (Å²) < 4.78 is 6.93. The molecule has 0 saturated heterocycles. The second-order valence-electron chi connectivity index (χ2n) is 4.48. The zero-order chi connectivity index (χ0) is 13.2. The van der Waals surface area contributed by atoms with Crippen molar-refractivity contribution in [1.82, 2.24) is 0 Å². The maximum Gasteiger partial charge on any atom is 0.0914 e. The van der Waals surface area contributed by atoms with Gasteiger partial charge >= 0.3 is 0 Å². The second kappa shape index (κ2) is 10.0. The predicted molar refractivity (Wildman–Crippen MR) is 87.8 cm³/mol. The van der Waals surface area contributed by atoms with Crippen molar-refractivity contribution in [3.63, 3.8) is 0 Å². The fraction of sp³-hybridized carbons (Fsp3) is 0.600. The van der Waals surface area contributed by atoms with E-state index < -0.39 is 0 Å². The molecule has 1 aromatic rings. The van der Waals surface area contributed by atoms with Crippen molar-refractivity contribution in [3.05, 3.63) is 34.9 Å². The highest BCUT2D eigenvalue weighted by Crippen LogP contribution is 2.22. The lowest BCUT2D eigenvalue weighted by Crippen LogP contribution is -2.07. The number of alkyl halides is 1. The van der Waals surface area contributed by atoms with E-state index in [1.807, 2.05) is 12.1 Å². The molecule has 0 heterocycles. The van der Waals surface area contributed by atoms with Crippen LogP contribution in [0.4, 0.5) is 0 Å². The summed E-state index contributed by atoms with van der Waals surface area (Å²) in [6, 6.07) is 7.98. The van der Waals surface area contributed by atoms with Crippen molar-refractivity contribution in [2.45, 2.75) is 45.1 Å². The summed E-state index contributed by atoms with van der Waals surface area (Å²) in [6.07, 6.45) is 6.61. The van der Waals surface area contributed by atoms with Gasteiger partial charge in [-0.1, -0.05) is 78.9 Å². The molecule has 0 aliphatic carbocycles. The lowest BCUT2D eigenvalue weighted by Gasteiger charge is -2.16. The van der Waals surface area contributed by atoms with Gasteiger partial charge in [-0.3, -0.25) is 0 Å². The van der Waals surface area contributed by atoms with Crippen molar-refractivity contribution in [3.8, 4) is 0 Å². The van der Waals surface area contributed by atoms with Gasteiger partial charge < -0.3 is 4.74 Å². The molecule has 1 rings (SSSR count). The van der Waals surface area contributed by atoms with E-state index in [0.29, 0.717) is 0 Å². The maximum absolute atomic E-state index is 5.95. The third-order valence-electron chi connectivity index (χ3n) is 2.95. The standard InChI is InChI=1S/C15H22ClIO/c1-2-3-4-5-6-11-18-15(12-17)13-7-9-14(16)10-8-13/h7-10,15H,2-6,11-12H2,1H3.